The normalized spacial score (nSPS) is 9.82. The lowest BCUT2D eigenvalue weighted by Gasteiger charge is -2.03. The van der Waals surface area contributed by atoms with Crippen molar-refractivity contribution < 1.29 is 0 Å². The van der Waals surface area contributed by atoms with Gasteiger partial charge in [0.25, 0.3) is 5.56 Å². The minimum absolute atomic E-state index is 0.170. The maximum Gasteiger partial charge on any atom is 0.278 e. The van der Waals surface area contributed by atoms with Crippen molar-refractivity contribution in [1.82, 2.24) is 4.37 Å². The number of hydrogen-bond donors (Lipinski definition) is 2. The zero-order valence-corrected chi connectivity index (χ0v) is 9.88. The van der Waals surface area contributed by atoms with Crippen LogP contribution in [-0.2, 0) is 6.42 Å². The number of anilines is 1. The van der Waals surface area contributed by atoms with E-state index in [0.29, 0.717) is 11.5 Å². The minimum atomic E-state index is -0.320. The van der Waals surface area contributed by atoms with E-state index in [1.165, 1.54) is 5.56 Å². The van der Waals surface area contributed by atoms with Crippen LogP contribution in [0.1, 0.15) is 11.1 Å². The first kappa shape index (κ1) is 11.4. The summed E-state index contributed by atoms with van der Waals surface area (Å²) in [4.78, 5) is 11.2. The lowest BCUT2D eigenvalue weighted by molar-refractivity contribution is 1.02. The topological polar surface area (TPSA) is 68.7 Å². The SMILES string of the molecule is N#Cc1c(NCCc2ccccc2)s[nH]c1=O. The molecule has 0 amide bonds. The molecule has 0 bridgehead atoms. The Morgan fingerprint density at radius 2 is 2.12 bits per heavy atom. The molecule has 2 N–H and O–H groups in total. The van der Waals surface area contributed by atoms with E-state index in [2.05, 4.69) is 9.69 Å². The van der Waals surface area contributed by atoms with Crippen molar-refractivity contribution in [2.24, 2.45) is 0 Å². The predicted molar refractivity (Wildman–Crippen MR) is 68.3 cm³/mol. The van der Waals surface area contributed by atoms with Crippen LogP contribution in [-0.4, -0.2) is 10.9 Å². The monoisotopic (exact) mass is 245 g/mol. The Balaban J connectivity index is 1.95. The Bertz CT molecular complexity index is 580. The molecular formula is C12H11N3OS. The van der Waals surface area contributed by atoms with Gasteiger partial charge in [-0.2, -0.15) is 5.26 Å². The second-order valence-corrected chi connectivity index (χ2v) is 4.33. The van der Waals surface area contributed by atoms with E-state index in [-0.39, 0.29) is 11.1 Å². The fourth-order valence-electron chi connectivity index (χ4n) is 1.49. The lowest BCUT2D eigenvalue weighted by Crippen LogP contribution is -2.07. The van der Waals surface area contributed by atoms with Crippen LogP contribution in [0.15, 0.2) is 35.1 Å². The second-order valence-electron chi connectivity index (χ2n) is 3.51. The summed E-state index contributed by atoms with van der Waals surface area (Å²) in [5.41, 5.74) is 1.07. The van der Waals surface area contributed by atoms with E-state index in [1.807, 2.05) is 36.4 Å². The number of aromatic amines is 1. The third-order valence-electron chi connectivity index (χ3n) is 2.35. The minimum Gasteiger partial charge on any atom is -0.374 e. The van der Waals surface area contributed by atoms with Gasteiger partial charge in [-0.05, 0) is 23.5 Å². The molecule has 0 atom stereocenters. The molecule has 2 rings (SSSR count). The Morgan fingerprint density at radius 1 is 1.35 bits per heavy atom. The Labute approximate surface area is 103 Å². The third kappa shape index (κ3) is 2.74. The summed E-state index contributed by atoms with van der Waals surface area (Å²) in [5.74, 6) is 0. The van der Waals surface area contributed by atoms with E-state index in [9.17, 15) is 4.79 Å². The van der Waals surface area contributed by atoms with E-state index < -0.39 is 0 Å². The highest BCUT2D eigenvalue weighted by Gasteiger charge is 2.08. The zero-order valence-electron chi connectivity index (χ0n) is 9.06. The average Bonchev–Trinajstić information content (AvgIpc) is 2.71. The standard InChI is InChI=1S/C12H11N3OS/c13-8-10-11(16)15-17-12(10)14-7-6-9-4-2-1-3-5-9/h1-5,14H,6-7H2,(H,15,16). The highest BCUT2D eigenvalue weighted by Crippen LogP contribution is 2.15. The Morgan fingerprint density at radius 3 is 2.82 bits per heavy atom. The van der Waals surface area contributed by atoms with Crippen molar-refractivity contribution in [2.75, 3.05) is 11.9 Å². The van der Waals surface area contributed by atoms with E-state index in [1.54, 1.807) is 0 Å². The molecule has 2 aromatic rings. The van der Waals surface area contributed by atoms with E-state index in [0.717, 1.165) is 18.0 Å². The number of H-pyrrole nitrogens is 1. The van der Waals surface area contributed by atoms with Crippen LogP contribution in [0.25, 0.3) is 0 Å². The molecule has 0 radical (unpaired) electrons. The van der Waals surface area contributed by atoms with Crippen molar-refractivity contribution >= 4 is 16.5 Å². The van der Waals surface area contributed by atoms with E-state index >= 15 is 0 Å². The number of nitrogens with one attached hydrogen (secondary N) is 2. The largest absolute Gasteiger partial charge is 0.374 e. The molecule has 0 fully saturated rings. The highest BCUT2D eigenvalue weighted by molar-refractivity contribution is 7.10. The van der Waals surface area contributed by atoms with E-state index in [4.69, 9.17) is 5.26 Å². The summed E-state index contributed by atoms with van der Waals surface area (Å²) in [5, 5.41) is 12.5. The average molecular weight is 245 g/mol. The molecule has 0 aliphatic rings. The Kier molecular flexibility index (Phi) is 3.58. The van der Waals surface area contributed by atoms with Crippen LogP contribution < -0.4 is 10.9 Å². The molecule has 0 aliphatic heterocycles. The van der Waals surface area contributed by atoms with Gasteiger partial charge in [-0.3, -0.25) is 9.17 Å². The first-order chi connectivity index (χ1) is 8.31. The molecule has 1 aromatic heterocycles. The molecular weight excluding hydrogens is 234 g/mol. The van der Waals surface area contributed by atoms with Crippen LogP contribution >= 0.6 is 11.5 Å². The quantitative estimate of drug-likeness (QED) is 0.865. The smallest absolute Gasteiger partial charge is 0.278 e. The Hall–Kier alpha value is -2.06. The van der Waals surface area contributed by atoms with Gasteiger partial charge in [0, 0.05) is 6.54 Å². The summed E-state index contributed by atoms with van der Waals surface area (Å²) < 4.78 is 2.54. The van der Waals surface area contributed by atoms with Gasteiger partial charge >= 0.3 is 0 Å². The summed E-state index contributed by atoms with van der Waals surface area (Å²) in [6, 6.07) is 11.9. The van der Waals surface area contributed by atoms with Gasteiger partial charge in [0.15, 0.2) is 5.56 Å². The summed E-state index contributed by atoms with van der Waals surface area (Å²) in [6.45, 7) is 0.701. The molecule has 0 aliphatic carbocycles. The first-order valence-electron chi connectivity index (χ1n) is 5.20. The van der Waals surface area contributed by atoms with Gasteiger partial charge in [-0.1, -0.05) is 30.3 Å². The van der Waals surface area contributed by atoms with Crippen molar-refractivity contribution in [2.45, 2.75) is 6.42 Å². The fraction of sp³-hybridized carbons (Fsp3) is 0.167. The second kappa shape index (κ2) is 5.32. The van der Waals surface area contributed by atoms with Gasteiger partial charge < -0.3 is 5.32 Å². The maximum absolute atomic E-state index is 11.2. The molecule has 0 unspecified atom stereocenters. The van der Waals surface area contributed by atoms with Gasteiger partial charge in [0.1, 0.15) is 11.1 Å². The molecule has 0 saturated carbocycles. The summed E-state index contributed by atoms with van der Waals surface area (Å²) >= 11 is 1.16. The number of nitriles is 1. The van der Waals surface area contributed by atoms with Crippen molar-refractivity contribution in [1.29, 1.82) is 5.26 Å². The molecule has 1 heterocycles. The molecule has 0 spiro atoms. The van der Waals surface area contributed by atoms with Crippen molar-refractivity contribution in [3.05, 3.63) is 51.8 Å². The molecule has 1 aromatic carbocycles. The number of aromatic nitrogens is 1. The molecule has 17 heavy (non-hydrogen) atoms. The van der Waals surface area contributed by atoms with Crippen LogP contribution in [0.5, 0.6) is 0 Å². The number of hydrogen-bond acceptors (Lipinski definition) is 4. The zero-order chi connectivity index (χ0) is 12.1. The molecule has 4 nitrogen and oxygen atoms in total. The third-order valence-corrected chi connectivity index (χ3v) is 3.19. The van der Waals surface area contributed by atoms with Crippen LogP contribution in [0.3, 0.4) is 0 Å². The summed E-state index contributed by atoms with van der Waals surface area (Å²) in [6.07, 6.45) is 0.859. The summed E-state index contributed by atoms with van der Waals surface area (Å²) in [7, 11) is 0. The first-order valence-corrected chi connectivity index (χ1v) is 6.02. The van der Waals surface area contributed by atoms with Crippen LogP contribution in [0.2, 0.25) is 0 Å². The van der Waals surface area contributed by atoms with Gasteiger partial charge in [-0.15, -0.1) is 0 Å². The molecule has 86 valence electrons. The van der Waals surface area contributed by atoms with Crippen LogP contribution in [0, 0.1) is 11.3 Å². The molecule has 0 saturated heterocycles. The number of nitrogens with zero attached hydrogens (tertiary/aromatic N) is 1. The van der Waals surface area contributed by atoms with Gasteiger partial charge in [0.2, 0.25) is 0 Å². The fourth-order valence-corrected chi connectivity index (χ4v) is 2.21. The van der Waals surface area contributed by atoms with Crippen molar-refractivity contribution in [3.8, 4) is 6.07 Å². The van der Waals surface area contributed by atoms with Gasteiger partial charge in [0.05, 0.1) is 0 Å². The highest BCUT2D eigenvalue weighted by atomic mass is 32.1. The number of rotatable bonds is 4. The predicted octanol–water partition coefficient (Wildman–Crippen LogP) is 1.96. The lowest BCUT2D eigenvalue weighted by atomic mass is 10.1. The molecule has 5 heteroatoms. The van der Waals surface area contributed by atoms with Crippen molar-refractivity contribution in [3.63, 3.8) is 0 Å². The maximum atomic E-state index is 11.2. The van der Waals surface area contributed by atoms with Gasteiger partial charge in [-0.25, -0.2) is 0 Å². The number of benzene rings is 1. The van der Waals surface area contributed by atoms with Crippen LogP contribution in [0.4, 0.5) is 5.00 Å².